The summed E-state index contributed by atoms with van der Waals surface area (Å²) in [5.41, 5.74) is 6.39. The molecule has 0 unspecified atom stereocenters. The molecule has 4 aliphatic rings. The summed E-state index contributed by atoms with van der Waals surface area (Å²) in [7, 11) is 3.19. The first-order valence-electron chi connectivity index (χ1n) is 14.4. The molecule has 8 heteroatoms. The molecule has 2 atom stereocenters. The van der Waals surface area contributed by atoms with Gasteiger partial charge in [0.15, 0.2) is 34.5 Å². The lowest BCUT2D eigenvalue weighted by Crippen LogP contribution is -2.32. The minimum Gasteiger partial charge on any atom is -0.504 e. The number of phenolic OH excluding ortho intramolecular Hbond substituents is 2. The second kappa shape index (κ2) is 10.8. The Bertz CT molecular complexity index is 1650. The van der Waals surface area contributed by atoms with Gasteiger partial charge >= 0.3 is 0 Å². The van der Waals surface area contributed by atoms with Crippen molar-refractivity contribution in [3.8, 4) is 46.0 Å². The first-order valence-corrected chi connectivity index (χ1v) is 14.4. The lowest BCUT2D eigenvalue weighted by molar-refractivity contribution is 0.334. The topological polar surface area (TPSA) is 101 Å². The fourth-order valence-electron chi connectivity index (χ4n) is 6.44. The number of hydrogen-bond donors (Lipinski definition) is 4. The zero-order valence-electron chi connectivity index (χ0n) is 23.7. The summed E-state index contributed by atoms with van der Waals surface area (Å²) in [6.07, 6.45) is 2.98. The van der Waals surface area contributed by atoms with Crippen LogP contribution in [0.15, 0.2) is 60.7 Å². The molecular formula is C34H34N2O6. The van der Waals surface area contributed by atoms with Crippen LogP contribution in [0, 0.1) is 0 Å². The minimum atomic E-state index is -0.107. The Morgan fingerprint density at radius 3 is 2.19 bits per heavy atom. The Labute approximate surface area is 244 Å². The Kier molecular flexibility index (Phi) is 6.80. The highest BCUT2D eigenvalue weighted by Crippen LogP contribution is 2.49. The van der Waals surface area contributed by atoms with Gasteiger partial charge in [0.2, 0.25) is 5.75 Å². The average Bonchev–Trinajstić information content (AvgIpc) is 3.00. The summed E-state index contributed by atoms with van der Waals surface area (Å²) in [6.45, 7) is 1.61. The predicted molar refractivity (Wildman–Crippen MR) is 159 cm³/mol. The van der Waals surface area contributed by atoms with Crippen molar-refractivity contribution in [2.24, 2.45) is 0 Å². The van der Waals surface area contributed by atoms with Crippen LogP contribution in [0.1, 0.15) is 45.5 Å². The van der Waals surface area contributed by atoms with Crippen molar-refractivity contribution in [3.05, 3.63) is 94.0 Å². The quantitative estimate of drug-likeness (QED) is 0.239. The van der Waals surface area contributed by atoms with Crippen molar-refractivity contribution < 1.29 is 29.2 Å². The van der Waals surface area contributed by atoms with Gasteiger partial charge in [0.05, 0.1) is 14.2 Å². The number of hydrogen-bond acceptors (Lipinski definition) is 8. The molecule has 4 heterocycles. The molecule has 0 saturated heterocycles. The molecule has 0 fully saturated rings. The predicted octanol–water partition coefficient (Wildman–Crippen LogP) is 5.87. The van der Waals surface area contributed by atoms with Crippen LogP contribution >= 0.6 is 0 Å². The molecule has 0 spiro atoms. The average molecular weight is 567 g/mol. The summed E-state index contributed by atoms with van der Waals surface area (Å²) in [4.78, 5) is 0. The van der Waals surface area contributed by atoms with Gasteiger partial charge in [0.1, 0.15) is 5.75 Å². The van der Waals surface area contributed by atoms with E-state index in [0.29, 0.717) is 47.3 Å². The molecule has 4 aliphatic heterocycles. The van der Waals surface area contributed by atoms with Gasteiger partial charge in [-0.15, -0.1) is 0 Å². The van der Waals surface area contributed by atoms with E-state index < -0.39 is 0 Å². The van der Waals surface area contributed by atoms with Crippen molar-refractivity contribution >= 4 is 0 Å². The molecule has 6 bridgehead atoms. The van der Waals surface area contributed by atoms with E-state index in [-0.39, 0.29) is 23.6 Å². The summed E-state index contributed by atoms with van der Waals surface area (Å²) < 4.78 is 24.2. The standard InChI is InChI=1S/C34H34N2O6/c1-39-29-16-21-9-11-35-25-14-20-5-8-27(37)28(15-20)41-23-6-3-19(4-7-23)13-26-32-22(10-12-36-26)17-31(40-2)33(38)34(32)42-30(29)18-24(21)25/h3-8,15-18,25-26,35-38H,9-14H2,1-2H3/t25-,26+/m1/s1. The van der Waals surface area contributed by atoms with Crippen LogP contribution in [-0.2, 0) is 25.7 Å². The molecule has 0 aromatic heterocycles. The molecule has 0 saturated carbocycles. The van der Waals surface area contributed by atoms with Crippen LogP contribution in [0.3, 0.4) is 0 Å². The second-order valence-corrected chi connectivity index (χ2v) is 11.1. The van der Waals surface area contributed by atoms with E-state index in [1.807, 2.05) is 54.6 Å². The summed E-state index contributed by atoms with van der Waals surface area (Å²) in [6, 6.07) is 19.3. The highest BCUT2D eigenvalue weighted by atomic mass is 16.5. The molecule has 4 N–H and O–H groups in total. The third-order valence-electron chi connectivity index (χ3n) is 8.55. The largest absolute Gasteiger partial charge is 0.504 e. The van der Waals surface area contributed by atoms with E-state index in [0.717, 1.165) is 53.7 Å². The van der Waals surface area contributed by atoms with Gasteiger partial charge in [0.25, 0.3) is 0 Å². The number of fused-ring (bicyclic) bond motifs is 2. The first kappa shape index (κ1) is 26.5. The number of benzene rings is 4. The molecule has 8 nitrogen and oxygen atoms in total. The van der Waals surface area contributed by atoms with Crippen LogP contribution in [-0.4, -0.2) is 37.5 Å². The van der Waals surface area contributed by atoms with Crippen molar-refractivity contribution in [2.45, 2.75) is 37.8 Å². The van der Waals surface area contributed by atoms with Gasteiger partial charge < -0.3 is 39.8 Å². The molecule has 0 aliphatic carbocycles. The molecule has 8 rings (SSSR count). The van der Waals surface area contributed by atoms with Gasteiger partial charge in [-0.05, 0) is 109 Å². The summed E-state index contributed by atoms with van der Waals surface area (Å²) >= 11 is 0. The van der Waals surface area contributed by atoms with E-state index in [2.05, 4.69) is 10.6 Å². The Hall–Kier alpha value is -4.40. The summed E-state index contributed by atoms with van der Waals surface area (Å²) in [5, 5.41) is 29.3. The first-order chi connectivity index (χ1) is 20.5. The van der Waals surface area contributed by atoms with Crippen molar-refractivity contribution in [2.75, 3.05) is 27.3 Å². The summed E-state index contributed by atoms with van der Waals surface area (Å²) in [5.74, 6) is 3.03. The molecule has 42 heavy (non-hydrogen) atoms. The maximum absolute atomic E-state index is 11.4. The number of aromatic hydroxyl groups is 2. The number of ether oxygens (including phenoxy) is 4. The monoisotopic (exact) mass is 566 g/mol. The number of nitrogens with one attached hydrogen (secondary N) is 2. The van der Waals surface area contributed by atoms with Crippen molar-refractivity contribution in [3.63, 3.8) is 0 Å². The fourth-order valence-corrected chi connectivity index (χ4v) is 6.44. The number of methoxy groups -OCH3 is 2. The third-order valence-corrected chi connectivity index (χ3v) is 8.55. The van der Waals surface area contributed by atoms with E-state index in [4.69, 9.17) is 18.9 Å². The van der Waals surface area contributed by atoms with E-state index >= 15 is 0 Å². The van der Waals surface area contributed by atoms with Crippen LogP contribution < -0.4 is 29.6 Å². The van der Waals surface area contributed by atoms with Crippen LogP contribution in [0.4, 0.5) is 0 Å². The van der Waals surface area contributed by atoms with E-state index in [1.54, 1.807) is 20.3 Å². The lowest BCUT2D eigenvalue weighted by Gasteiger charge is -2.31. The second-order valence-electron chi connectivity index (χ2n) is 11.1. The van der Waals surface area contributed by atoms with Gasteiger partial charge in [0, 0.05) is 17.6 Å². The van der Waals surface area contributed by atoms with Crippen molar-refractivity contribution in [1.29, 1.82) is 0 Å². The third kappa shape index (κ3) is 4.76. The highest BCUT2D eigenvalue weighted by Gasteiger charge is 2.31. The van der Waals surface area contributed by atoms with Gasteiger partial charge in [-0.1, -0.05) is 18.2 Å². The van der Waals surface area contributed by atoms with Gasteiger partial charge in [-0.2, -0.15) is 0 Å². The fraction of sp³-hybridized carbons (Fsp3) is 0.294. The van der Waals surface area contributed by atoms with Crippen LogP contribution in [0.5, 0.6) is 46.0 Å². The van der Waals surface area contributed by atoms with Crippen LogP contribution in [0.25, 0.3) is 0 Å². The zero-order valence-corrected chi connectivity index (χ0v) is 23.7. The van der Waals surface area contributed by atoms with E-state index in [9.17, 15) is 10.2 Å². The van der Waals surface area contributed by atoms with Crippen molar-refractivity contribution in [1.82, 2.24) is 10.6 Å². The Morgan fingerprint density at radius 1 is 0.714 bits per heavy atom. The maximum Gasteiger partial charge on any atom is 0.201 e. The molecule has 0 amide bonds. The molecule has 4 aromatic rings. The molecule has 4 aromatic carbocycles. The molecule has 216 valence electrons. The maximum atomic E-state index is 11.4. The van der Waals surface area contributed by atoms with Gasteiger partial charge in [-0.3, -0.25) is 0 Å². The van der Waals surface area contributed by atoms with Crippen LogP contribution in [0.2, 0.25) is 0 Å². The Balaban J connectivity index is 1.42. The normalized spacial score (nSPS) is 19.0. The SMILES string of the molecule is COc1cc2c3cc1Oc1c(O)c(OC)cc4c1[C@H](Cc1ccc(cc1)Oc1cc(ccc1O)C[C@H]3NCC2)NCC4. The zero-order chi connectivity index (χ0) is 28.8. The lowest BCUT2D eigenvalue weighted by atomic mass is 9.88. The molecule has 0 radical (unpaired) electrons. The smallest absolute Gasteiger partial charge is 0.201 e. The number of phenols is 2. The molecular weight excluding hydrogens is 532 g/mol. The van der Waals surface area contributed by atoms with E-state index in [1.165, 1.54) is 5.56 Å². The highest BCUT2D eigenvalue weighted by molar-refractivity contribution is 5.63. The van der Waals surface area contributed by atoms with Gasteiger partial charge in [-0.25, -0.2) is 0 Å². The minimum absolute atomic E-state index is 0.000183. The number of rotatable bonds is 2. The Morgan fingerprint density at radius 2 is 1.40 bits per heavy atom.